The third-order valence-corrected chi connectivity index (χ3v) is 4.04. The third-order valence-electron chi connectivity index (χ3n) is 3.00. The fourth-order valence-corrected chi connectivity index (χ4v) is 3.04. The molecule has 1 aliphatic heterocycles. The van der Waals surface area contributed by atoms with Crippen LogP contribution in [0.25, 0.3) is 0 Å². The molecule has 1 saturated heterocycles. The minimum absolute atomic E-state index is 0.148. The summed E-state index contributed by atoms with van der Waals surface area (Å²) in [4.78, 5) is 29.9. The molecule has 19 heavy (non-hydrogen) atoms. The van der Waals surface area contributed by atoms with E-state index in [-0.39, 0.29) is 17.3 Å². The second-order valence-electron chi connectivity index (χ2n) is 4.36. The van der Waals surface area contributed by atoms with Crippen molar-refractivity contribution in [2.75, 3.05) is 18.1 Å². The van der Waals surface area contributed by atoms with Crippen LogP contribution >= 0.6 is 11.8 Å². The van der Waals surface area contributed by atoms with Gasteiger partial charge in [0, 0.05) is 6.54 Å². The van der Waals surface area contributed by atoms with E-state index >= 15 is 0 Å². The molecule has 2 rings (SSSR count). The normalized spacial score (nSPS) is 16.0. The molecule has 0 bridgehead atoms. The first-order chi connectivity index (χ1) is 9.16. The van der Waals surface area contributed by atoms with E-state index in [1.54, 1.807) is 0 Å². The van der Waals surface area contributed by atoms with E-state index in [4.69, 9.17) is 5.11 Å². The van der Waals surface area contributed by atoms with Gasteiger partial charge in [0.1, 0.15) is 5.69 Å². The van der Waals surface area contributed by atoms with Gasteiger partial charge in [0.05, 0.1) is 12.4 Å². The average molecular weight is 281 g/mol. The number of hydrogen-bond acceptors (Lipinski definition) is 5. The molecule has 7 heteroatoms. The Hall–Kier alpha value is -1.63. The largest absolute Gasteiger partial charge is 0.476 e. The summed E-state index contributed by atoms with van der Waals surface area (Å²) >= 11 is 1.94. The van der Waals surface area contributed by atoms with Gasteiger partial charge in [-0.2, -0.15) is 11.8 Å². The van der Waals surface area contributed by atoms with Crippen LogP contribution in [0.1, 0.15) is 33.8 Å². The topological polar surface area (TPSA) is 92.2 Å². The van der Waals surface area contributed by atoms with Crippen molar-refractivity contribution in [2.45, 2.75) is 12.8 Å². The Labute approximate surface area is 115 Å². The second kappa shape index (κ2) is 6.51. The summed E-state index contributed by atoms with van der Waals surface area (Å²) in [6, 6.07) is 0. The maximum atomic E-state index is 11.8. The van der Waals surface area contributed by atoms with Gasteiger partial charge in [-0.1, -0.05) is 0 Å². The Kier molecular flexibility index (Phi) is 4.73. The zero-order valence-corrected chi connectivity index (χ0v) is 11.2. The Morgan fingerprint density at radius 3 is 2.47 bits per heavy atom. The number of nitrogens with zero attached hydrogens (tertiary/aromatic N) is 2. The number of hydrogen-bond donors (Lipinski definition) is 2. The molecule has 102 valence electrons. The van der Waals surface area contributed by atoms with Crippen LogP contribution in [0.5, 0.6) is 0 Å². The fourth-order valence-electron chi connectivity index (χ4n) is 1.83. The first-order valence-electron chi connectivity index (χ1n) is 6.08. The summed E-state index contributed by atoms with van der Waals surface area (Å²) in [5.74, 6) is 1.36. The quantitative estimate of drug-likeness (QED) is 0.857. The molecular formula is C12H15N3O3S. The number of amides is 1. The van der Waals surface area contributed by atoms with Crippen LogP contribution in [0.15, 0.2) is 12.4 Å². The van der Waals surface area contributed by atoms with Crippen molar-refractivity contribution in [3.63, 3.8) is 0 Å². The average Bonchev–Trinajstić information content (AvgIpc) is 2.46. The Morgan fingerprint density at radius 2 is 1.89 bits per heavy atom. The molecule has 0 aromatic carbocycles. The molecule has 2 N–H and O–H groups in total. The van der Waals surface area contributed by atoms with E-state index in [0.29, 0.717) is 12.5 Å². The monoisotopic (exact) mass is 281 g/mol. The van der Waals surface area contributed by atoms with E-state index in [1.807, 2.05) is 11.8 Å². The van der Waals surface area contributed by atoms with Gasteiger partial charge in [-0.15, -0.1) is 0 Å². The van der Waals surface area contributed by atoms with E-state index in [1.165, 1.54) is 6.20 Å². The van der Waals surface area contributed by atoms with Crippen LogP contribution in [0.2, 0.25) is 0 Å². The predicted octanol–water partition coefficient (Wildman–Crippen LogP) is 1.05. The van der Waals surface area contributed by atoms with Crippen molar-refractivity contribution in [2.24, 2.45) is 5.92 Å². The molecular weight excluding hydrogens is 266 g/mol. The molecule has 0 spiro atoms. The highest BCUT2D eigenvalue weighted by molar-refractivity contribution is 7.99. The number of nitrogens with one attached hydrogen (secondary N) is 1. The molecule has 2 heterocycles. The zero-order chi connectivity index (χ0) is 13.7. The van der Waals surface area contributed by atoms with Gasteiger partial charge in [-0.05, 0) is 30.3 Å². The van der Waals surface area contributed by atoms with Crippen LogP contribution in [-0.4, -0.2) is 45.0 Å². The number of thioether (sulfide) groups is 1. The minimum atomic E-state index is -1.15. The summed E-state index contributed by atoms with van der Waals surface area (Å²) in [6.07, 6.45) is 4.52. The zero-order valence-electron chi connectivity index (χ0n) is 10.3. The number of carbonyl (C=O) groups is 2. The number of carboxylic acid groups (broad SMARTS) is 1. The number of aromatic carboxylic acids is 1. The highest BCUT2D eigenvalue weighted by Gasteiger charge is 2.16. The Bertz CT molecular complexity index is 458. The predicted molar refractivity (Wildman–Crippen MR) is 71.4 cm³/mol. The molecule has 0 unspecified atom stereocenters. The van der Waals surface area contributed by atoms with Gasteiger partial charge >= 0.3 is 5.97 Å². The molecule has 0 saturated carbocycles. The van der Waals surface area contributed by atoms with Crippen molar-refractivity contribution in [3.8, 4) is 0 Å². The fraction of sp³-hybridized carbons (Fsp3) is 0.500. The van der Waals surface area contributed by atoms with E-state index < -0.39 is 5.97 Å². The number of carbonyl (C=O) groups excluding carboxylic acids is 1. The summed E-state index contributed by atoms with van der Waals surface area (Å²) in [5.41, 5.74) is -0.0176. The summed E-state index contributed by atoms with van der Waals surface area (Å²) in [5, 5.41) is 11.5. The first kappa shape index (κ1) is 13.8. The standard InChI is InChI=1S/C12H15N3O3S/c16-11(15-5-8-1-3-19-4-2-8)9-6-14-10(7-13-9)12(17)18/h6-8H,1-5H2,(H,15,16)(H,17,18). The molecule has 0 atom stereocenters. The number of aromatic nitrogens is 2. The Morgan fingerprint density at radius 1 is 1.26 bits per heavy atom. The SMILES string of the molecule is O=C(O)c1cnc(C(=O)NCC2CCSCC2)cn1. The molecule has 1 aliphatic rings. The van der Waals surface area contributed by atoms with Crippen molar-refractivity contribution < 1.29 is 14.7 Å². The van der Waals surface area contributed by atoms with Gasteiger partial charge in [0.15, 0.2) is 5.69 Å². The van der Waals surface area contributed by atoms with Gasteiger partial charge in [-0.25, -0.2) is 14.8 Å². The summed E-state index contributed by atoms with van der Waals surface area (Å²) in [6.45, 7) is 0.641. The lowest BCUT2D eigenvalue weighted by molar-refractivity contribution is 0.0689. The molecule has 1 amide bonds. The second-order valence-corrected chi connectivity index (χ2v) is 5.58. The maximum absolute atomic E-state index is 11.8. The lowest BCUT2D eigenvalue weighted by Gasteiger charge is -2.21. The highest BCUT2D eigenvalue weighted by Crippen LogP contribution is 2.21. The van der Waals surface area contributed by atoms with Crippen LogP contribution in [0, 0.1) is 5.92 Å². The van der Waals surface area contributed by atoms with Crippen molar-refractivity contribution >= 4 is 23.6 Å². The molecule has 1 fully saturated rings. The number of carboxylic acids is 1. The van der Waals surface area contributed by atoms with Crippen LogP contribution in [0.4, 0.5) is 0 Å². The number of rotatable bonds is 4. The van der Waals surface area contributed by atoms with Crippen LogP contribution in [-0.2, 0) is 0 Å². The smallest absolute Gasteiger partial charge is 0.356 e. The first-order valence-corrected chi connectivity index (χ1v) is 7.23. The van der Waals surface area contributed by atoms with Crippen molar-refractivity contribution in [3.05, 3.63) is 23.8 Å². The molecule has 0 radical (unpaired) electrons. The summed E-state index contributed by atoms with van der Waals surface area (Å²) in [7, 11) is 0. The molecule has 1 aromatic heterocycles. The lowest BCUT2D eigenvalue weighted by Crippen LogP contribution is -2.31. The molecule has 1 aromatic rings. The molecule has 0 aliphatic carbocycles. The summed E-state index contributed by atoms with van der Waals surface area (Å²) < 4.78 is 0. The van der Waals surface area contributed by atoms with E-state index in [9.17, 15) is 9.59 Å². The Balaban J connectivity index is 1.86. The van der Waals surface area contributed by atoms with Gasteiger partial charge < -0.3 is 10.4 Å². The highest BCUT2D eigenvalue weighted by atomic mass is 32.2. The van der Waals surface area contributed by atoms with E-state index in [2.05, 4.69) is 15.3 Å². The van der Waals surface area contributed by atoms with Gasteiger partial charge in [0.25, 0.3) is 5.91 Å². The van der Waals surface area contributed by atoms with Crippen molar-refractivity contribution in [1.29, 1.82) is 0 Å². The third kappa shape index (κ3) is 3.92. The van der Waals surface area contributed by atoms with Gasteiger partial charge in [0.2, 0.25) is 0 Å². The van der Waals surface area contributed by atoms with Gasteiger partial charge in [-0.3, -0.25) is 4.79 Å². The molecule has 6 nitrogen and oxygen atoms in total. The maximum Gasteiger partial charge on any atom is 0.356 e. The van der Waals surface area contributed by atoms with Crippen LogP contribution < -0.4 is 5.32 Å². The van der Waals surface area contributed by atoms with Crippen LogP contribution in [0.3, 0.4) is 0 Å². The van der Waals surface area contributed by atoms with E-state index in [0.717, 1.165) is 30.5 Å². The lowest BCUT2D eigenvalue weighted by atomic mass is 10.0. The van der Waals surface area contributed by atoms with Crippen molar-refractivity contribution in [1.82, 2.24) is 15.3 Å². The minimum Gasteiger partial charge on any atom is -0.476 e.